The van der Waals surface area contributed by atoms with Gasteiger partial charge in [-0.1, -0.05) is 17.7 Å². The minimum absolute atomic E-state index is 0.0850. The zero-order valence-corrected chi connectivity index (χ0v) is 14.3. The summed E-state index contributed by atoms with van der Waals surface area (Å²) in [5, 5.41) is 0.351. The second-order valence-electron chi connectivity index (χ2n) is 4.54. The van der Waals surface area contributed by atoms with Gasteiger partial charge in [0.15, 0.2) is 11.5 Å². The van der Waals surface area contributed by atoms with E-state index < -0.39 is 10.0 Å². The van der Waals surface area contributed by atoms with E-state index in [1.165, 1.54) is 12.1 Å². The van der Waals surface area contributed by atoms with Crippen molar-refractivity contribution < 1.29 is 17.9 Å². The van der Waals surface area contributed by atoms with Crippen LogP contribution in [0.2, 0.25) is 5.02 Å². The molecule has 1 aliphatic heterocycles. The second kappa shape index (κ2) is 5.98. The van der Waals surface area contributed by atoms with Crippen LogP contribution in [0.15, 0.2) is 45.8 Å². The monoisotopic (exact) mass is 403 g/mol. The molecule has 1 aliphatic rings. The van der Waals surface area contributed by atoms with Gasteiger partial charge in [-0.15, -0.1) is 0 Å². The Bertz CT molecular complexity index is 826. The second-order valence-corrected chi connectivity index (χ2v) is 7.51. The Labute approximate surface area is 141 Å². The van der Waals surface area contributed by atoms with Crippen molar-refractivity contribution in [2.45, 2.75) is 4.90 Å². The molecule has 0 saturated heterocycles. The Morgan fingerprint density at radius 1 is 1.09 bits per heavy atom. The lowest BCUT2D eigenvalue weighted by atomic mass is 10.2. The number of benzene rings is 2. The first-order chi connectivity index (χ1) is 10.5. The molecule has 8 heteroatoms. The molecule has 0 aromatic heterocycles. The Balaban J connectivity index is 1.95. The van der Waals surface area contributed by atoms with E-state index in [0.29, 0.717) is 39.9 Å². The van der Waals surface area contributed by atoms with E-state index in [0.717, 1.165) is 0 Å². The van der Waals surface area contributed by atoms with Crippen LogP contribution in [0.4, 0.5) is 5.69 Å². The van der Waals surface area contributed by atoms with Crippen LogP contribution in [0.3, 0.4) is 0 Å². The zero-order chi connectivity index (χ0) is 15.7. The number of hydrogen-bond donors (Lipinski definition) is 1. The number of fused-ring (bicyclic) bond motifs is 1. The van der Waals surface area contributed by atoms with Crippen molar-refractivity contribution in [1.29, 1.82) is 0 Å². The van der Waals surface area contributed by atoms with Gasteiger partial charge < -0.3 is 9.47 Å². The summed E-state index contributed by atoms with van der Waals surface area (Å²) in [7, 11) is -3.75. The number of ether oxygens (including phenoxy) is 2. The molecular formula is C14H11BrClNO4S. The van der Waals surface area contributed by atoms with Gasteiger partial charge >= 0.3 is 0 Å². The van der Waals surface area contributed by atoms with Crippen LogP contribution in [0.1, 0.15) is 0 Å². The van der Waals surface area contributed by atoms with Crippen LogP contribution in [-0.2, 0) is 10.0 Å². The smallest absolute Gasteiger partial charge is 0.261 e. The first-order valence-corrected chi connectivity index (χ1v) is 8.99. The van der Waals surface area contributed by atoms with Gasteiger partial charge in [-0.2, -0.15) is 0 Å². The van der Waals surface area contributed by atoms with Crippen LogP contribution in [0.25, 0.3) is 0 Å². The Hall–Kier alpha value is -1.44. The number of halogens is 2. The van der Waals surface area contributed by atoms with Crippen LogP contribution in [0.5, 0.6) is 11.5 Å². The van der Waals surface area contributed by atoms with E-state index in [1.54, 1.807) is 24.3 Å². The van der Waals surface area contributed by atoms with Crippen molar-refractivity contribution in [3.63, 3.8) is 0 Å². The maximum Gasteiger partial charge on any atom is 0.261 e. The predicted octanol–water partition coefficient (Wildman–Crippen LogP) is 3.67. The summed E-state index contributed by atoms with van der Waals surface area (Å²) in [5.74, 6) is 1.07. The van der Waals surface area contributed by atoms with E-state index >= 15 is 0 Å². The summed E-state index contributed by atoms with van der Waals surface area (Å²) in [6.07, 6.45) is 0. The molecule has 1 heterocycles. The zero-order valence-electron chi connectivity index (χ0n) is 11.2. The number of anilines is 1. The third kappa shape index (κ3) is 3.16. The number of rotatable bonds is 3. The van der Waals surface area contributed by atoms with Gasteiger partial charge in [-0.25, -0.2) is 8.42 Å². The molecular weight excluding hydrogens is 394 g/mol. The van der Waals surface area contributed by atoms with Crippen molar-refractivity contribution in [2.75, 3.05) is 17.9 Å². The molecule has 0 aliphatic carbocycles. The Kier molecular flexibility index (Phi) is 4.20. The maximum absolute atomic E-state index is 12.4. The quantitative estimate of drug-likeness (QED) is 0.847. The van der Waals surface area contributed by atoms with Crippen molar-refractivity contribution in [2.24, 2.45) is 0 Å². The summed E-state index contributed by atoms with van der Waals surface area (Å²) in [4.78, 5) is 0.0850. The molecule has 0 spiro atoms. The molecule has 0 atom stereocenters. The van der Waals surface area contributed by atoms with E-state index in [1.807, 2.05) is 0 Å². The highest BCUT2D eigenvalue weighted by Gasteiger charge is 2.20. The minimum atomic E-state index is -3.75. The van der Waals surface area contributed by atoms with Crippen molar-refractivity contribution in [3.05, 3.63) is 45.9 Å². The fourth-order valence-electron chi connectivity index (χ4n) is 1.98. The van der Waals surface area contributed by atoms with Gasteiger partial charge in [0.2, 0.25) is 0 Å². The molecule has 0 fully saturated rings. The molecule has 22 heavy (non-hydrogen) atoms. The van der Waals surface area contributed by atoms with Crippen molar-refractivity contribution in [3.8, 4) is 11.5 Å². The largest absolute Gasteiger partial charge is 0.486 e. The molecule has 5 nitrogen and oxygen atoms in total. The van der Waals surface area contributed by atoms with Crippen molar-refractivity contribution in [1.82, 2.24) is 0 Å². The summed E-state index contributed by atoms with van der Waals surface area (Å²) in [5.41, 5.74) is 0.365. The van der Waals surface area contributed by atoms with Gasteiger partial charge in [0.05, 0.1) is 10.6 Å². The highest BCUT2D eigenvalue weighted by atomic mass is 79.9. The molecule has 2 aromatic carbocycles. The normalized spacial score (nSPS) is 13.7. The molecule has 0 radical (unpaired) electrons. The van der Waals surface area contributed by atoms with Gasteiger partial charge in [-0.3, -0.25) is 4.72 Å². The van der Waals surface area contributed by atoms with E-state index in [4.69, 9.17) is 21.1 Å². The van der Waals surface area contributed by atoms with Crippen molar-refractivity contribution >= 4 is 43.2 Å². The molecule has 0 amide bonds. The highest BCUT2D eigenvalue weighted by Crippen LogP contribution is 2.38. The molecule has 0 bridgehead atoms. The van der Waals surface area contributed by atoms with Gasteiger partial charge in [0.1, 0.15) is 13.2 Å². The molecule has 0 saturated carbocycles. The van der Waals surface area contributed by atoms with E-state index in [2.05, 4.69) is 20.7 Å². The van der Waals surface area contributed by atoms with Crippen LogP contribution in [0, 0.1) is 0 Å². The summed E-state index contributed by atoms with van der Waals surface area (Å²) >= 11 is 9.17. The lowest BCUT2D eigenvalue weighted by molar-refractivity contribution is 0.171. The average molecular weight is 405 g/mol. The predicted molar refractivity (Wildman–Crippen MR) is 87.4 cm³/mol. The number of hydrogen-bond acceptors (Lipinski definition) is 4. The number of sulfonamides is 1. The van der Waals surface area contributed by atoms with E-state index in [-0.39, 0.29) is 4.90 Å². The average Bonchev–Trinajstić information content (AvgIpc) is 2.48. The van der Waals surface area contributed by atoms with Gasteiger partial charge in [0, 0.05) is 21.6 Å². The van der Waals surface area contributed by atoms with Gasteiger partial charge in [-0.05, 0) is 34.1 Å². The Morgan fingerprint density at radius 2 is 1.77 bits per heavy atom. The van der Waals surface area contributed by atoms with Crippen LogP contribution >= 0.6 is 27.5 Å². The maximum atomic E-state index is 12.4. The van der Waals surface area contributed by atoms with Crippen LogP contribution < -0.4 is 14.2 Å². The van der Waals surface area contributed by atoms with Gasteiger partial charge in [0.25, 0.3) is 10.0 Å². The van der Waals surface area contributed by atoms with Crippen LogP contribution in [-0.4, -0.2) is 21.6 Å². The lowest BCUT2D eigenvalue weighted by Gasteiger charge is -2.20. The summed E-state index contributed by atoms with van der Waals surface area (Å²) in [6.45, 7) is 0.891. The fraction of sp³-hybridized carbons (Fsp3) is 0.143. The first-order valence-electron chi connectivity index (χ1n) is 6.33. The summed E-state index contributed by atoms with van der Waals surface area (Å²) in [6, 6.07) is 9.30. The lowest BCUT2D eigenvalue weighted by Crippen LogP contribution is -2.17. The fourth-order valence-corrected chi connectivity index (χ4v) is 3.90. The third-order valence-electron chi connectivity index (χ3n) is 2.98. The minimum Gasteiger partial charge on any atom is -0.486 e. The summed E-state index contributed by atoms with van der Waals surface area (Å²) < 4.78 is 38.8. The molecule has 0 unspecified atom stereocenters. The third-order valence-corrected chi connectivity index (χ3v) is 5.24. The highest BCUT2D eigenvalue weighted by molar-refractivity contribution is 9.10. The molecule has 2 aromatic rings. The molecule has 1 N–H and O–H groups in total. The topological polar surface area (TPSA) is 64.6 Å². The molecule has 116 valence electrons. The molecule has 3 rings (SSSR count). The first kappa shape index (κ1) is 15.5. The van der Waals surface area contributed by atoms with E-state index in [9.17, 15) is 8.42 Å². The standard InChI is InChI=1S/C14H11BrClNO4S/c15-11-7-13-14(21-5-4-20-13)8-12(11)17-22(18,19)10-3-1-2-9(16)6-10/h1-3,6-8,17H,4-5H2. The SMILES string of the molecule is O=S(=O)(Nc1cc2c(cc1Br)OCCO2)c1cccc(Cl)c1. The number of nitrogens with one attached hydrogen (secondary N) is 1. The Morgan fingerprint density at radius 3 is 2.45 bits per heavy atom.